The quantitative estimate of drug-likeness (QED) is 0.737. The summed E-state index contributed by atoms with van der Waals surface area (Å²) in [6, 6.07) is 12.4. The second-order valence-electron chi connectivity index (χ2n) is 4.99. The second kappa shape index (κ2) is 6.31. The number of aromatic nitrogens is 2. The van der Waals surface area contributed by atoms with Gasteiger partial charge in [0.25, 0.3) is 0 Å². The largest absolute Gasteiger partial charge is 0.444 e. The molecule has 2 heterocycles. The van der Waals surface area contributed by atoms with E-state index < -0.39 is 0 Å². The van der Waals surface area contributed by atoms with Crippen LogP contribution in [-0.4, -0.2) is 9.55 Å². The molecule has 108 valence electrons. The fourth-order valence-corrected chi connectivity index (χ4v) is 2.40. The second-order valence-corrected chi connectivity index (χ2v) is 4.99. The maximum Gasteiger partial charge on any atom is 0.181 e. The third-order valence-electron chi connectivity index (χ3n) is 3.44. The van der Waals surface area contributed by atoms with E-state index in [2.05, 4.69) is 52.3 Å². The number of oxazole rings is 1. The monoisotopic (exact) mass is 281 g/mol. The Balaban J connectivity index is 1.71. The fraction of sp³-hybridized carbons (Fsp3) is 0.235. The van der Waals surface area contributed by atoms with Gasteiger partial charge in [0.2, 0.25) is 0 Å². The number of nitrogens with zero attached hydrogens (tertiary/aromatic N) is 2. The van der Waals surface area contributed by atoms with Crippen LogP contribution in [-0.2, 0) is 13.1 Å². The molecule has 0 spiro atoms. The van der Waals surface area contributed by atoms with E-state index in [1.54, 1.807) is 6.20 Å². The van der Waals surface area contributed by atoms with Gasteiger partial charge in [0.05, 0.1) is 12.7 Å². The number of nitrogens with one attached hydrogen (secondary N) is 1. The third kappa shape index (κ3) is 3.16. The molecule has 0 bridgehead atoms. The van der Waals surface area contributed by atoms with Crippen LogP contribution in [0.15, 0.2) is 59.6 Å². The molecule has 1 aromatic carbocycles. The summed E-state index contributed by atoms with van der Waals surface area (Å²) < 4.78 is 7.62. The first-order chi connectivity index (χ1) is 10.4. The normalized spacial score (nSPS) is 10.7. The van der Waals surface area contributed by atoms with Crippen molar-refractivity contribution in [1.82, 2.24) is 9.55 Å². The lowest BCUT2D eigenvalue weighted by Crippen LogP contribution is -2.06. The van der Waals surface area contributed by atoms with Crippen molar-refractivity contribution in [2.24, 2.45) is 0 Å². The molecule has 4 nitrogen and oxygen atoms in total. The van der Waals surface area contributed by atoms with Gasteiger partial charge in [-0.25, -0.2) is 4.98 Å². The standard InChI is InChI=1S/C17H19N3O/c1-2-8-20-9-4-7-16(20)11-19-15-6-3-5-14(10-15)17-12-18-13-21-17/h3-7,9-10,12-13,19H,2,8,11H2,1H3. The van der Waals surface area contributed by atoms with E-state index in [1.807, 2.05) is 12.1 Å². The van der Waals surface area contributed by atoms with Crippen LogP contribution in [0.5, 0.6) is 0 Å². The van der Waals surface area contributed by atoms with E-state index in [4.69, 9.17) is 4.42 Å². The Morgan fingerprint density at radius 3 is 3.00 bits per heavy atom. The minimum atomic E-state index is 0.785. The van der Waals surface area contributed by atoms with Gasteiger partial charge in [-0.1, -0.05) is 19.1 Å². The minimum absolute atomic E-state index is 0.785. The molecule has 0 saturated carbocycles. The highest BCUT2D eigenvalue weighted by Gasteiger charge is 2.03. The Bertz CT molecular complexity index is 686. The molecule has 0 aliphatic carbocycles. The topological polar surface area (TPSA) is 43.0 Å². The number of hydrogen-bond acceptors (Lipinski definition) is 3. The third-order valence-corrected chi connectivity index (χ3v) is 3.44. The zero-order chi connectivity index (χ0) is 14.5. The maximum atomic E-state index is 5.33. The van der Waals surface area contributed by atoms with Crippen molar-refractivity contribution in [3.63, 3.8) is 0 Å². The van der Waals surface area contributed by atoms with E-state index in [1.165, 1.54) is 12.1 Å². The number of aryl methyl sites for hydroxylation is 1. The van der Waals surface area contributed by atoms with Gasteiger partial charge in [0, 0.05) is 29.7 Å². The maximum absolute atomic E-state index is 5.33. The van der Waals surface area contributed by atoms with Gasteiger partial charge < -0.3 is 14.3 Å². The molecule has 0 amide bonds. The number of rotatable bonds is 6. The Morgan fingerprint density at radius 2 is 2.19 bits per heavy atom. The lowest BCUT2D eigenvalue weighted by atomic mass is 10.1. The van der Waals surface area contributed by atoms with Gasteiger partial charge >= 0.3 is 0 Å². The van der Waals surface area contributed by atoms with E-state index in [9.17, 15) is 0 Å². The Labute approximate surface area is 124 Å². The van der Waals surface area contributed by atoms with Crippen LogP contribution in [0.25, 0.3) is 11.3 Å². The summed E-state index contributed by atoms with van der Waals surface area (Å²) in [5.41, 5.74) is 3.40. The first kappa shape index (κ1) is 13.5. The van der Waals surface area contributed by atoms with Crippen LogP contribution in [0.4, 0.5) is 5.69 Å². The zero-order valence-electron chi connectivity index (χ0n) is 12.1. The van der Waals surface area contributed by atoms with Gasteiger partial charge in [-0.05, 0) is 30.7 Å². The highest BCUT2D eigenvalue weighted by atomic mass is 16.3. The molecule has 0 fully saturated rings. The van der Waals surface area contributed by atoms with Gasteiger partial charge in [-0.2, -0.15) is 0 Å². The smallest absolute Gasteiger partial charge is 0.181 e. The summed E-state index contributed by atoms with van der Waals surface area (Å²) in [6.45, 7) is 4.06. The van der Waals surface area contributed by atoms with Crippen molar-refractivity contribution in [2.45, 2.75) is 26.4 Å². The zero-order valence-corrected chi connectivity index (χ0v) is 12.1. The first-order valence-corrected chi connectivity index (χ1v) is 7.23. The molecule has 4 heteroatoms. The Kier molecular flexibility index (Phi) is 4.05. The van der Waals surface area contributed by atoms with Crippen molar-refractivity contribution in [1.29, 1.82) is 0 Å². The minimum Gasteiger partial charge on any atom is -0.444 e. The van der Waals surface area contributed by atoms with Gasteiger partial charge in [-0.3, -0.25) is 0 Å². The lowest BCUT2D eigenvalue weighted by Gasteiger charge is -2.10. The van der Waals surface area contributed by atoms with Crippen LogP contribution in [0.1, 0.15) is 19.0 Å². The van der Waals surface area contributed by atoms with Crippen molar-refractivity contribution >= 4 is 5.69 Å². The summed E-state index contributed by atoms with van der Waals surface area (Å²) in [5.74, 6) is 0.785. The molecule has 0 aliphatic heterocycles. The van der Waals surface area contributed by atoms with Crippen LogP contribution in [0.2, 0.25) is 0 Å². The molecule has 0 atom stereocenters. The summed E-state index contributed by atoms with van der Waals surface area (Å²) in [4.78, 5) is 3.96. The fourth-order valence-electron chi connectivity index (χ4n) is 2.40. The van der Waals surface area contributed by atoms with E-state index >= 15 is 0 Å². The molecule has 21 heavy (non-hydrogen) atoms. The van der Waals surface area contributed by atoms with Crippen LogP contribution >= 0.6 is 0 Å². The Morgan fingerprint density at radius 1 is 1.24 bits per heavy atom. The SMILES string of the molecule is CCCn1cccc1CNc1cccc(-c2cnco2)c1. The van der Waals surface area contributed by atoms with Crippen molar-refractivity contribution in [3.05, 3.63) is 60.9 Å². The van der Waals surface area contributed by atoms with E-state index in [0.29, 0.717) is 0 Å². The Hall–Kier alpha value is -2.49. The van der Waals surface area contributed by atoms with E-state index in [-0.39, 0.29) is 0 Å². The van der Waals surface area contributed by atoms with Crippen LogP contribution in [0, 0.1) is 0 Å². The molecule has 0 radical (unpaired) electrons. The average Bonchev–Trinajstić information content (AvgIpc) is 3.18. The van der Waals surface area contributed by atoms with Crippen LogP contribution in [0.3, 0.4) is 0 Å². The molecule has 1 N–H and O–H groups in total. The lowest BCUT2D eigenvalue weighted by molar-refractivity contribution is 0.572. The molecule has 3 aromatic rings. The summed E-state index contributed by atoms with van der Waals surface area (Å²) in [7, 11) is 0. The van der Waals surface area contributed by atoms with Gasteiger partial charge in [0.15, 0.2) is 12.2 Å². The highest BCUT2D eigenvalue weighted by Crippen LogP contribution is 2.22. The number of anilines is 1. The van der Waals surface area contributed by atoms with Gasteiger partial charge in [0.1, 0.15) is 0 Å². The number of hydrogen-bond donors (Lipinski definition) is 1. The summed E-state index contributed by atoms with van der Waals surface area (Å²) in [5, 5.41) is 3.47. The van der Waals surface area contributed by atoms with Crippen LogP contribution < -0.4 is 5.32 Å². The molecule has 0 saturated heterocycles. The summed E-state index contributed by atoms with van der Waals surface area (Å²) >= 11 is 0. The van der Waals surface area contributed by atoms with Crippen molar-refractivity contribution in [2.75, 3.05) is 5.32 Å². The molecule has 3 rings (SSSR count). The molecular weight excluding hydrogens is 262 g/mol. The predicted octanol–water partition coefficient (Wildman–Crippen LogP) is 4.17. The average molecular weight is 281 g/mol. The number of benzene rings is 1. The first-order valence-electron chi connectivity index (χ1n) is 7.23. The summed E-state index contributed by atoms with van der Waals surface area (Å²) in [6.07, 6.45) is 6.45. The van der Waals surface area contributed by atoms with Crippen molar-refractivity contribution in [3.8, 4) is 11.3 Å². The predicted molar refractivity (Wildman–Crippen MR) is 84.0 cm³/mol. The molecule has 2 aromatic heterocycles. The molecule has 0 unspecified atom stereocenters. The molecule has 0 aliphatic rings. The van der Waals surface area contributed by atoms with E-state index in [0.717, 1.165) is 36.5 Å². The highest BCUT2D eigenvalue weighted by molar-refractivity contribution is 5.63. The van der Waals surface area contributed by atoms with Gasteiger partial charge in [-0.15, -0.1) is 0 Å². The molecular formula is C17H19N3O. The van der Waals surface area contributed by atoms with Crippen molar-refractivity contribution < 1.29 is 4.42 Å².